The van der Waals surface area contributed by atoms with E-state index in [4.69, 9.17) is 18.9 Å². The summed E-state index contributed by atoms with van der Waals surface area (Å²) in [5.74, 6) is 1.30. The molecule has 0 radical (unpaired) electrons. The average molecular weight is 501 g/mol. The largest absolute Gasteiger partial charge is 0.491 e. The summed E-state index contributed by atoms with van der Waals surface area (Å²) < 4.78 is 21.8. The minimum atomic E-state index is -1.10. The molecule has 0 fully saturated rings. The van der Waals surface area contributed by atoms with Crippen LogP contribution in [0.25, 0.3) is 0 Å². The lowest BCUT2D eigenvalue weighted by molar-refractivity contribution is -0.103. The van der Waals surface area contributed by atoms with Gasteiger partial charge >= 0.3 is 0 Å². The second kappa shape index (κ2) is 14.2. The van der Waals surface area contributed by atoms with Gasteiger partial charge < -0.3 is 34.3 Å². The SMILES string of the molecule is C=C(C)COCC(O)COc1ccc(C(C)(C)c2ccc(OCC(O)COC(O)C(=C)C)cc2)cc1. The van der Waals surface area contributed by atoms with Crippen molar-refractivity contribution < 1.29 is 34.3 Å². The van der Waals surface area contributed by atoms with Gasteiger partial charge in [0, 0.05) is 5.41 Å². The van der Waals surface area contributed by atoms with Crippen LogP contribution in [0.15, 0.2) is 72.8 Å². The molecule has 0 spiro atoms. The molecule has 0 aliphatic heterocycles. The van der Waals surface area contributed by atoms with Crippen molar-refractivity contribution in [3.63, 3.8) is 0 Å². The third kappa shape index (κ3) is 9.76. The fourth-order valence-electron chi connectivity index (χ4n) is 3.30. The fourth-order valence-corrected chi connectivity index (χ4v) is 3.30. The van der Waals surface area contributed by atoms with E-state index in [0.29, 0.717) is 23.7 Å². The Morgan fingerprint density at radius 3 is 1.61 bits per heavy atom. The number of hydrogen-bond acceptors (Lipinski definition) is 7. The summed E-state index contributed by atoms with van der Waals surface area (Å²) in [4.78, 5) is 0. The minimum Gasteiger partial charge on any atom is -0.491 e. The molecule has 3 atom stereocenters. The minimum absolute atomic E-state index is 0.0435. The third-order valence-electron chi connectivity index (χ3n) is 5.56. The molecule has 2 rings (SSSR count). The van der Waals surface area contributed by atoms with Crippen LogP contribution in [-0.2, 0) is 14.9 Å². The molecule has 3 N–H and O–H groups in total. The first kappa shape index (κ1) is 29.5. The van der Waals surface area contributed by atoms with Crippen molar-refractivity contribution in [1.29, 1.82) is 0 Å². The lowest BCUT2D eigenvalue weighted by atomic mass is 9.78. The molecule has 0 aliphatic rings. The van der Waals surface area contributed by atoms with Crippen molar-refractivity contribution in [2.24, 2.45) is 0 Å². The van der Waals surface area contributed by atoms with Gasteiger partial charge in [0.2, 0.25) is 0 Å². The van der Waals surface area contributed by atoms with E-state index in [9.17, 15) is 15.3 Å². The van der Waals surface area contributed by atoms with Gasteiger partial charge in [-0.25, -0.2) is 0 Å². The topological polar surface area (TPSA) is 97.6 Å². The van der Waals surface area contributed by atoms with Gasteiger partial charge in [-0.05, 0) is 54.8 Å². The number of aliphatic hydroxyl groups is 3. The highest BCUT2D eigenvalue weighted by molar-refractivity contribution is 5.41. The first-order valence-corrected chi connectivity index (χ1v) is 12.0. The molecule has 0 aromatic heterocycles. The maximum absolute atomic E-state index is 10.00. The second-order valence-corrected chi connectivity index (χ2v) is 9.61. The van der Waals surface area contributed by atoms with E-state index in [2.05, 4.69) is 27.0 Å². The molecule has 36 heavy (non-hydrogen) atoms. The number of rotatable bonds is 16. The Labute approximate surface area is 214 Å². The van der Waals surface area contributed by atoms with Crippen molar-refractivity contribution in [1.82, 2.24) is 0 Å². The van der Waals surface area contributed by atoms with Crippen molar-refractivity contribution in [3.05, 3.63) is 84.0 Å². The Morgan fingerprint density at radius 2 is 1.19 bits per heavy atom. The summed E-state index contributed by atoms with van der Waals surface area (Å²) in [7, 11) is 0. The van der Waals surface area contributed by atoms with Crippen molar-refractivity contribution in [3.8, 4) is 11.5 Å². The Hall–Kier alpha value is -2.68. The van der Waals surface area contributed by atoms with Crippen molar-refractivity contribution in [2.45, 2.75) is 51.6 Å². The maximum atomic E-state index is 10.00. The van der Waals surface area contributed by atoms with Gasteiger partial charge in [-0.15, -0.1) is 0 Å². The van der Waals surface area contributed by atoms with Crippen LogP contribution in [0.3, 0.4) is 0 Å². The monoisotopic (exact) mass is 500 g/mol. The van der Waals surface area contributed by atoms with E-state index in [1.54, 1.807) is 6.92 Å². The summed E-state index contributed by atoms with van der Waals surface area (Å²) in [6.45, 7) is 15.9. The van der Waals surface area contributed by atoms with Gasteiger partial charge in [-0.1, -0.05) is 56.8 Å². The van der Waals surface area contributed by atoms with E-state index >= 15 is 0 Å². The van der Waals surface area contributed by atoms with E-state index in [1.165, 1.54) is 0 Å². The van der Waals surface area contributed by atoms with Crippen LogP contribution in [-0.4, -0.2) is 66.9 Å². The molecule has 0 saturated heterocycles. The van der Waals surface area contributed by atoms with Crippen LogP contribution >= 0.6 is 0 Å². The maximum Gasteiger partial charge on any atom is 0.176 e. The molecule has 2 aromatic rings. The lowest BCUT2D eigenvalue weighted by Gasteiger charge is -2.26. The summed E-state index contributed by atoms with van der Waals surface area (Å²) in [6, 6.07) is 15.5. The van der Waals surface area contributed by atoms with Gasteiger partial charge in [-0.3, -0.25) is 0 Å². The lowest BCUT2D eigenvalue weighted by Crippen LogP contribution is -2.27. The molecule has 7 nitrogen and oxygen atoms in total. The van der Waals surface area contributed by atoms with E-state index in [1.807, 2.05) is 55.5 Å². The van der Waals surface area contributed by atoms with E-state index < -0.39 is 18.5 Å². The first-order chi connectivity index (χ1) is 17.0. The van der Waals surface area contributed by atoms with Crippen molar-refractivity contribution in [2.75, 3.05) is 33.0 Å². The summed E-state index contributed by atoms with van der Waals surface area (Å²) in [5.41, 5.74) is 3.32. The molecule has 198 valence electrons. The Morgan fingerprint density at radius 1 is 0.750 bits per heavy atom. The number of ether oxygens (including phenoxy) is 4. The van der Waals surface area contributed by atoms with Crippen molar-refractivity contribution >= 4 is 0 Å². The fraction of sp³-hybridized carbons (Fsp3) is 0.448. The van der Waals surface area contributed by atoms with Crippen LogP contribution in [0, 0.1) is 0 Å². The highest BCUT2D eigenvalue weighted by Crippen LogP contribution is 2.33. The molecule has 0 aliphatic carbocycles. The molecule has 0 saturated carbocycles. The highest BCUT2D eigenvalue weighted by atomic mass is 16.6. The van der Waals surface area contributed by atoms with Crippen LogP contribution in [0.1, 0.15) is 38.8 Å². The number of aliphatic hydroxyl groups excluding tert-OH is 3. The molecule has 0 amide bonds. The summed E-state index contributed by atoms with van der Waals surface area (Å²) >= 11 is 0. The quantitative estimate of drug-likeness (QED) is 0.237. The summed E-state index contributed by atoms with van der Waals surface area (Å²) in [6.07, 6.45) is -2.68. The predicted octanol–water partition coefficient (Wildman–Crippen LogP) is 4.00. The zero-order chi connectivity index (χ0) is 26.7. The molecule has 0 heterocycles. The van der Waals surface area contributed by atoms with Gasteiger partial charge in [0.1, 0.15) is 36.9 Å². The zero-order valence-electron chi connectivity index (χ0n) is 21.8. The Bertz CT molecular complexity index is 951. The zero-order valence-corrected chi connectivity index (χ0v) is 21.8. The standard InChI is InChI=1S/C29H40O7/c1-20(2)15-33-16-24(30)17-34-26-11-7-22(8-12-26)29(5,6)23-9-13-27(14-10-23)35-18-25(31)19-36-28(32)21(3)4/h7-14,24-25,28,30-32H,1,3,15-19H2,2,4-6H3. The average Bonchev–Trinajstić information content (AvgIpc) is 2.85. The molecule has 3 unspecified atom stereocenters. The Balaban J connectivity index is 1.86. The third-order valence-corrected chi connectivity index (χ3v) is 5.56. The van der Waals surface area contributed by atoms with Crippen LogP contribution in [0.5, 0.6) is 11.5 Å². The highest BCUT2D eigenvalue weighted by Gasteiger charge is 2.23. The smallest absolute Gasteiger partial charge is 0.176 e. The van der Waals surface area contributed by atoms with Gasteiger partial charge in [0.15, 0.2) is 6.29 Å². The Kier molecular flexibility index (Phi) is 11.6. The van der Waals surface area contributed by atoms with E-state index in [-0.39, 0.29) is 31.8 Å². The normalized spacial score (nSPS) is 14.1. The molecule has 0 bridgehead atoms. The molecule has 2 aromatic carbocycles. The first-order valence-electron chi connectivity index (χ1n) is 12.0. The van der Waals surface area contributed by atoms with Gasteiger partial charge in [0.25, 0.3) is 0 Å². The molecular formula is C29H40O7. The van der Waals surface area contributed by atoms with Crippen LogP contribution in [0.4, 0.5) is 0 Å². The van der Waals surface area contributed by atoms with Crippen LogP contribution < -0.4 is 9.47 Å². The second-order valence-electron chi connectivity index (χ2n) is 9.61. The summed E-state index contributed by atoms with van der Waals surface area (Å²) in [5, 5.41) is 29.6. The van der Waals surface area contributed by atoms with Gasteiger partial charge in [-0.2, -0.15) is 0 Å². The molecule has 7 heteroatoms. The van der Waals surface area contributed by atoms with Gasteiger partial charge in [0.05, 0.1) is 19.8 Å². The predicted molar refractivity (Wildman–Crippen MR) is 140 cm³/mol. The number of hydrogen-bond donors (Lipinski definition) is 3. The number of benzene rings is 2. The molecular weight excluding hydrogens is 460 g/mol. The van der Waals surface area contributed by atoms with Crippen LogP contribution in [0.2, 0.25) is 0 Å². The van der Waals surface area contributed by atoms with E-state index in [0.717, 1.165) is 16.7 Å².